The van der Waals surface area contributed by atoms with E-state index in [4.69, 9.17) is 0 Å². The van der Waals surface area contributed by atoms with Crippen molar-refractivity contribution in [3.05, 3.63) is 0 Å². The highest BCUT2D eigenvalue weighted by molar-refractivity contribution is 4.97. The van der Waals surface area contributed by atoms with E-state index < -0.39 is 0 Å². The molecule has 2 heteroatoms. The van der Waals surface area contributed by atoms with Crippen LogP contribution in [0.1, 0.15) is 60.8 Å². The van der Waals surface area contributed by atoms with Crippen LogP contribution in [0.15, 0.2) is 0 Å². The largest absolute Gasteiger partial charge is 0.309 e. The summed E-state index contributed by atoms with van der Waals surface area (Å²) in [5.74, 6) is 0.740. The maximum Gasteiger partial charge on any atom is 0.0278 e. The standard InChI is InChI=1S/C15H32N2/c1-7-13(8-2)17-11-15(6,9-3)16-10-14(17)12(4)5/h12-14,16H,7-11H2,1-6H3. The first-order valence-electron chi connectivity index (χ1n) is 7.48. The van der Waals surface area contributed by atoms with Crippen molar-refractivity contribution in [2.45, 2.75) is 78.4 Å². The van der Waals surface area contributed by atoms with Crippen molar-refractivity contribution in [2.24, 2.45) is 5.92 Å². The fraction of sp³-hybridized carbons (Fsp3) is 1.00. The Morgan fingerprint density at radius 1 is 1.24 bits per heavy atom. The molecule has 1 aliphatic heterocycles. The third-order valence-electron chi connectivity index (χ3n) is 4.66. The van der Waals surface area contributed by atoms with Gasteiger partial charge in [0, 0.05) is 30.7 Å². The zero-order chi connectivity index (χ0) is 13.1. The molecule has 1 N–H and O–H groups in total. The highest BCUT2D eigenvalue weighted by atomic mass is 15.3. The molecule has 2 unspecified atom stereocenters. The first kappa shape index (κ1) is 15.0. The Bertz CT molecular complexity index is 223. The van der Waals surface area contributed by atoms with Gasteiger partial charge >= 0.3 is 0 Å². The van der Waals surface area contributed by atoms with Crippen molar-refractivity contribution in [1.29, 1.82) is 0 Å². The Hall–Kier alpha value is -0.0800. The van der Waals surface area contributed by atoms with Crippen LogP contribution in [-0.4, -0.2) is 35.6 Å². The van der Waals surface area contributed by atoms with Crippen LogP contribution in [0.25, 0.3) is 0 Å². The zero-order valence-electron chi connectivity index (χ0n) is 12.7. The molecule has 0 aromatic carbocycles. The fourth-order valence-corrected chi connectivity index (χ4v) is 3.06. The van der Waals surface area contributed by atoms with Gasteiger partial charge < -0.3 is 5.32 Å². The van der Waals surface area contributed by atoms with Gasteiger partial charge in [-0.1, -0.05) is 34.6 Å². The SMILES string of the molecule is CCC(CC)N1CC(C)(CC)NCC1C(C)C. The van der Waals surface area contributed by atoms with Crippen LogP contribution in [0.5, 0.6) is 0 Å². The molecule has 0 aliphatic carbocycles. The number of rotatable bonds is 5. The maximum absolute atomic E-state index is 3.77. The summed E-state index contributed by atoms with van der Waals surface area (Å²) in [6.07, 6.45) is 3.77. The van der Waals surface area contributed by atoms with Crippen LogP contribution in [0.3, 0.4) is 0 Å². The van der Waals surface area contributed by atoms with Crippen molar-refractivity contribution in [1.82, 2.24) is 10.2 Å². The Kier molecular flexibility index (Phi) is 5.46. The summed E-state index contributed by atoms with van der Waals surface area (Å²) < 4.78 is 0. The molecule has 1 saturated heterocycles. The van der Waals surface area contributed by atoms with Crippen molar-refractivity contribution < 1.29 is 0 Å². The summed E-state index contributed by atoms with van der Waals surface area (Å²) in [5.41, 5.74) is 0.313. The fourth-order valence-electron chi connectivity index (χ4n) is 3.06. The van der Waals surface area contributed by atoms with Gasteiger partial charge in [0.2, 0.25) is 0 Å². The third-order valence-corrected chi connectivity index (χ3v) is 4.66. The molecule has 102 valence electrons. The molecule has 1 aliphatic rings. The van der Waals surface area contributed by atoms with Crippen LogP contribution in [0, 0.1) is 5.92 Å². The molecule has 0 amide bonds. The number of nitrogens with one attached hydrogen (secondary N) is 1. The lowest BCUT2D eigenvalue weighted by molar-refractivity contribution is 0.0216. The van der Waals surface area contributed by atoms with Gasteiger partial charge in [0.15, 0.2) is 0 Å². The van der Waals surface area contributed by atoms with E-state index in [1.807, 2.05) is 0 Å². The summed E-state index contributed by atoms with van der Waals surface area (Å²) in [6.45, 7) is 16.4. The topological polar surface area (TPSA) is 15.3 Å². The smallest absolute Gasteiger partial charge is 0.0278 e. The van der Waals surface area contributed by atoms with Crippen LogP contribution in [0.4, 0.5) is 0 Å². The van der Waals surface area contributed by atoms with Gasteiger partial charge in [-0.25, -0.2) is 0 Å². The highest BCUT2D eigenvalue weighted by Gasteiger charge is 2.37. The molecule has 0 radical (unpaired) electrons. The number of hydrogen-bond acceptors (Lipinski definition) is 2. The van der Waals surface area contributed by atoms with E-state index in [1.165, 1.54) is 25.8 Å². The molecule has 0 spiro atoms. The normalized spacial score (nSPS) is 31.4. The molecule has 2 atom stereocenters. The molecule has 1 rings (SSSR count). The Morgan fingerprint density at radius 2 is 1.82 bits per heavy atom. The van der Waals surface area contributed by atoms with Gasteiger partial charge in [-0.2, -0.15) is 0 Å². The van der Waals surface area contributed by atoms with E-state index in [1.54, 1.807) is 0 Å². The number of hydrogen-bond donors (Lipinski definition) is 1. The van der Waals surface area contributed by atoms with Crippen LogP contribution >= 0.6 is 0 Å². The molecule has 0 saturated carbocycles. The summed E-state index contributed by atoms with van der Waals surface area (Å²) >= 11 is 0. The average Bonchev–Trinajstić information content (AvgIpc) is 2.30. The van der Waals surface area contributed by atoms with Gasteiger partial charge in [-0.3, -0.25) is 4.90 Å². The molecular weight excluding hydrogens is 208 g/mol. The predicted molar refractivity (Wildman–Crippen MR) is 76.4 cm³/mol. The lowest BCUT2D eigenvalue weighted by Gasteiger charge is -2.50. The zero-order valence-corrected chi connectivity index (χ0v) is 12.7. The van der Waals surface area contributed by atoms with Gasteiger partial charge in [0.1, 0.15) is 0 Å². The number of piperazine rings is 1. The lowest BCUT2D eigenvalue weighted by Crippen LogP contribution is -2.65. The minimum atomic E-state index is 0.313. The Morgan fingerprint density at radius 3 is 2.24 bits per heavy atom. The average molecular weight is 240 g/mol. The first-order valence-corrected chi connectivity index (χ1v) is 7.48. The Labute approximate surface area is 108 Å². The third kappa shape index (κ3) is 3.45. The van der Waals surface area contributed by atoms with Crippen LogP contribution < -0.4 is 5.32 Å². The second-order valence-electron chi connectivity index (χ2n) is 6.25. The molecular formula is C15H32N2. The van der Waals surface area contributed by atoms with Crippen molar-refractivity contribution >= 4 is 0 Å². The Balaban J connectivity index is 2.82. The van der Waals surface area contributed by atoms with Gasteiger partial charge in [-0.15, -0.1) is 0 Å². The lowest BCUT2D eigenvalue weighted by atomic mass is 9.88. The van der Waals surface area contributed by atoms with Gasteiger partial charge in [0.05, 0.1) is 0 Å². The molecule has 1 fully saturated rings. The van der Waals surface area contributed by atoms with E-state index in [2.05, 4.69) is 51.8 Å². The summed E-state index contributed by atoms with van der Waals surface area (Å²) in [6, 6.07) is 1.47. The predicted octanol–water partition coefficient (Wildman–Crippen LogP) is 3.27. The maximum atomic E-state index is 3.77. The molecule has 2 nitrogen and oxygen atoms in total. The van der Waals surface area contributed by atoms with E-state index in [9.17, 15) is 0 Å². The van der Waals surface area contributed by atoms with Crippen molar-refractivity contribution in [2.75, 3.05) is 13.1 Å². The minimum absolute atomic E-state index is 0.313. The summed E-state index contributed by atoms with van der Waals surface area (Å²) in [7, 11) is 0. The van der Waals surface area contributed by atoms with Crippen LogP contribution in [-0.2, 0) is 0 Å². The quantitative estimate of drug-likeness (QED) is 0.793. The van der Waals surface area contributed by atoms with Gasteiger partial charge in [-0.05, 0) is 32.1 Å². The summed E-state index contributed by atoms with van der Waals surface area (Å²) in [5, 5.41) is 3.77. The second kappa shape index (κ2) is 6.19. The van der Waals surface area contributed by atoms with Crippen LogP contribution in [0.2, 0.25) is 0 Å². The van der Waals surface area contributed by atoms with E-state index >= 15 is 0 Å². The first-order chi connectivity index (χ1) is 7.97. The highest BCUT2D eigenvalue weighted by Crippen LogP contribution is 2.26. The second-order valence-corrected chi connectivity index (χ2v) is 6.25. The molecule has 0 aromatic heterocycles. The molecule has 0 aromatic rings. The molecule has 17 heavy (non-hydrogen) atoms. The minimum Gasteiger partial charge on any atom is -0.309 e. The van der Waals surface area contributed by atoms with E-state index in [-0.39, 0.29) is 0 Å². The van der Waals surface area contributed by atoms with E-state index in [0.717, 1.165) is 18.5 Å². The summed E-state index contributed by atoms with van der Waals surface area (Å²) in [4.78, 5) is 2.78. The van der Waals surface area contributed by atoms with E-state index in [0.29, 0.717) is 11.6 Å². The number of nitrogens with zero attached hydrogens (tertiary/aromatic N) is 1. The monoisotopic (exact) mass is 240 g/mol. The molecule has 0 bridgehead atoms. The van der Waals surface area contributed by atoms with Crippen molar-refractivity contribution in [3.63, 3.8) is 0 Å². The van der Waals surface area contributed by atoms with Crippen molar-refractivity contribution in [3.8, 4) is 0 Å². The molecule has 1 heterocycles. The van der Waals surface area contributed by atoms with Gasteiger partial charge in [0.25, 0.3) is 0 Å².